The molecule has 0 unspecified atom stereocenters. The smallest absolute Gasteiger partial charge is 0.239 e. The van der Waals surface area contributed by atoms with Gasteiger partial charge in [-0.1, -0.05) is 37.0 Å². The van der Waals surface area contributed by atoms with Crippen molar-refractivity contribution < 1.29 is 9.59 Å². The van der Waals surface area contributed by atoms with Gasteiger partial charge in [-0.05, 0) is 38.0 Å². The Balaban J connectivity index is 2.78. The predicted octanol–water partition coefficient (Wildman–Crippen LogP) is 3.73. The van der Waals surface area contributed by atoms with E-state index >= 15 is 0 Å². The first-order chi connectivity index (χ1) is 9.62. The molecule has 0 aliphatic heterocycles. The van der Waals surface area contributed by atoms with Gasteiger partial charge in [0, 0.05) is 22.3 Å². The Morgan fingerprint density at radius 1 is 1.10 bits per heavy atom. The van der Waals surface area contributed by atoms with Crippen LogP contribution in [0.4, 0.5) is 5.69 Å². The van der Waals surface area contributed by atoms with Crippen LogP contribution in [0.1, 0.15) is 27.7 Å². The summed E-state index contributed by atoms with van der Waals surface area (Å²) >= 11 is 11.8. The minimum Gasteiger partial charge on any atom is -0.355 e. The lowest BCUT2D eigenvalue weighted by atomic mass is 9.90. The third-order valence-electron chi connectivity index (χ3n) is 2.93. The van der Waals surface area contributed by atoms with Gasteiger partial charge < -0.3 is 10.6 Å². The molecule has 0 saturated heterocycles. The molecule has 6 heteroatoms. The van der Waals surface area contributed by atoms with Crippen LogP contribution in [-0.2, 0) is 9.59 Å². The van der Waals surface area contributed by atoms with Gasteiger partial charge in [0.1, 0.15) is 5.41 Å². The molecular formula is C15H20Cl2N2O2. The van der Waals surface area contributed by atoms with Gasteiger partial charge in [-0.2, -0.15) is 0 Å². The Kier molecular flexibility index (Phi) is 6.05. The molecule has 0 heterocycles. The van der Waals surface area contributed by atoms with E-state index in [0.29, 0.717) is 28.2 Å². The van der Waals surface area contributed by atoms with Crippen molar-refractivity contribution in [2.24, 2.45) is 11.3 Å². The molecule has 0 bridgehead atoms. The number of halogens is 2. The molecule has 1 aromatic rings. The highest BCUT2D eigenvalue weighted by atomic mass is 35.5. The van der Waals surface area contributed by atoms with E-state index in [-0.39, 0.29) is 5.91 Å². The van der Waals surface area contributed by atoms with E-state index in [1.165, 1.54) is 0 Å². The van der Waals surface area contributed by atoms with Crippen molar-refractivity contribution in [2.75, 3.05) is 11.9 Å². The van der Waals surface area contributed by atoms with Crippen molar-refractivity contribution in [3.63, 3.8) is 0 Å². The number of nitrogens with one attached hydrogen (secondary N) is 2. The highest BCUT2D eigenvalue weighted by molar-refractivity contribution is 6.35. The van der Waals surface area contributed by atoms with Gasteiger partial charge in [-0.25, -0.2) is 0 Å². The Hall–Kier alpha value is -1.26. The van der Waals surface area contributed by atoms with Gasteiger partial charge in [-0.3, -0.25) is 9.59 Å². The van der Waals surface area contributed by atoms with E-state index in [9.17, 15) is 9.59 Å². The van der Waals surface area contributed by atoms with Crippen LogP contribution in [0.25, 0.3) is 0 Å². The summed E-state index contributed by atoms with van der Waals surface area (Å²) in [5, 5.41) is 6.26. The molecular weight excluding hydrogens is 311 g/mol. The lowest BCUT2D eigenvalue weighted by Crippen LogP contribution is -2.46. The van der Waals surface area contributed by atoms with Crippen molar-refractivity contribution in [3.8, 4) is 0 Å². The fourth-order valence-corrected chi connectivity index (χ4v) is 2.06. The number of amides is 2. The first kappa shape index (κ1) is 17.8. The zero-order valence-corrected chi connectivity index (χ0v) is 14.1. The highest BCUT2D eigenvalue weighted by Crippen LogP contribution is 2.25. The average Bonchev–Trinajstić information content (AvgIpc) is 2.34. The highest BCUT2D eigenvalue weighted by Gasteiger charge is 2.36. The molecule has 1 rings (SSSR count). The number of carbonyl (C=O) groups is 2. The van der Waals surface area contributed by atoms with Gasteiger partial charge in [0.15, 0.2) is 0 Å². The van der Waals surface area contributed by atoms with Crippen molar-refractivity contribution in [1.82, 2.24) is 5.32 Å². The van der Waals surface area contributed by atoms with E-state index in [0.717, 1.165) is 0 Å². The summed E-state index contributed by atoms with van der Waals surface area (Å²) < 4.78 is 0. The number of anilines is 1. The van der Waals surface area contributed by atoms with Gasteiger partial charge in [-0.15, -0.1) is 0 Å². The van der Waals surface area contributed by atoms with Crippen LogP contribution in [0.2, 0.25) is 10.0 Å². The summed E-state index contributed by atoms with van der Waals surface area (Å²) in [7, 11) is 0. The van der Waals surface area contributed by atoms with Crippen LogP contribution in [0.3, 0.4) is 0 Å². The number of benzene rings is 1. The van der Waals surface area contributed by atoms with Crippen LogP contribution < -0.4 is 10.6 Å². The second kappa shape index (κ2) is 7.14. The van der Waals surface area contributed by atoms with E-state index < -0.39 is 11.3 Å². The van der Waals surface area contributed by atoms with Gasteiger partial charge in [0.05, 0.1) is 0 Å². The second-order valence-corrected chi connectivity index (χ2v) is 6.71. The fraction of sp³-hybridized carbons (Fsp3) is 0.467. The minimum atomic E-state index is -1.19. The summed E-state index contributed by atoms with van der Waals surface area (Å²) in [6.45, 7) is 7.65. The van der Waals surface area contributed by atoms with Crippen LogP contribution in [0.15, 0.2) is 18.2 Å². The Morgan fingerprint density at radius 3 is 2.10 bits per heavy atom. The van der Waals surface area contributed by atoms with Crippen LogP contribution in [-0.4, -0.2) is 18.4 Å². The van der Waals surface area contributed by atoms with Crippen molar-refractivity contribution in [2.45, 2.75) is 27.7 Å². The Labute approximate surface area is 135 Å². The number of carbonyl (C=O) groups excluding carboxylic acids is 2. The monoisotopic (exact) mass is 330 g/mol. The summed E-state index contributed by atoms with van der Waals surface area (Å²) in [5.74, 6) is -0.413. The molecule has 0 fully saturated rings. The van der Waals surface area contributed by atoms with Crippen LogP contribution in [0, 0.1) is 11.3 Å². The molecule has 2 amide bonds. The third kappa shape index (κ3) is 5.21. The Bertz CT molecular complexity index is 522. The minimum absolute atomic E-state index is 0.318. The van der Waals surface area contributed by atoms with E-state index in [1.807, 2.05) is 13.8 Å². The summed E-state index contributed by atoms with van der Waals surface area (Å²) in [6, 6.07) is 4.72. The lowest BCUT2D eigenvalue weighted by Gasteiger charge is -2.23. The fourth-order valence-electron chi connectivity index (χ4n) is 1.53. The molecule has 1 aromatic carbocycles. The van der Waals surface area contributed by atoms with Crippen molar-refractivity contribution >= 4 is 40.7 Å². The predicted molar refractivity (Wildman–Crippen MR) is 86.7 cm³/mol. The van der Waals surface area contributed by atoms with Gasteiger partial charge in [0.25, 0.3) is 0 Å². The number of rotatable bonds is 5. The standard InChI is InChI=1S/C15H20Cl2N2O2/c1-9(2)8-18-13(20)15(3,4)14(21)19-12-6-10(16)5-11(17)7-12/h5-7,9H,8H2,1-4H3,(H,18,20)(H,19,21). The molecule has 0 aromatic heterocycles. The molecule has 0 saturated carbocycles. The normalized spacial score (nSPS) is 11.4. The van der Waals surface area contributed by atoms with Gasteiger partial charge in [0.2, 0.25) is 11.8 Å². The van der Waals surface area contributed by atoms with E-state index in [1.54, 1.807) is 32.0 Å². The molecule has 0 radical (unpaired) electrons. The van der Waals surface area contributed by atoms with Crippen molar-refractivity contribution in [3.05, 3.63) is 28.2 Å². The molecule has 4 nitrogen and oxygen atoms in total. The topological polar surface area (TPSA) is 58.2 Å². The molecule has 116 valence electrons. The second-order valence-electron chi connectivity index (χ2n) is 5.84. The third-order valence-corrected chi connectivity index (χ3v) is 3.36. The molecule has 0 aliphatic carbocycles. The zero-order valence-electron chi connectivity index (χ0n) is 12.6. The zero-order chi connectivity index (χ0) is 16.2. The summed E-state index contributed by atoms with van der Waals surface area (Å²) in [6.07, 6.45) is 0. The molecule has 0 atom stereocenters. The maximum atomic E-state index is 12.3. The largest absolute Gasteiger partial charge is 0.355 e. The van der Waals surface area contributed by atoms with Gasteiger partial charge >= 0.3 is 0 Å². The van der Waals surface area contributed by atoms with Crippen LogP contribution >= 0.6 is 23.2 Å². The number of hydrogen-bond acceptors (Lipinski definition) is 2. The van der Waals surface area contributed by atoms with E-state index in [2.05, 4.69) is 10.6 Å². The van der Waals surface area contributed by atoms with E-state index in [4.69, 9.17) is 23.2 Å². The van der Waals surface area contributed by atoms with Crippen molar-refractivity contribution in [1.29, 1.82) is 0 Å². The lowest BCUT2D eigenvalue weighted by molar-refractivity contribution is -0.138. The quantitative estimate of drug-likeness (QED) is 0.808. The summed E-state index contributed by atoms with van der Waals surface area (Å²) in [5.41, 5.74) is -0.730. The number of hydrogen-bond donors (Lipinski definition) is 2. The molecule has 21 heavy (non-hydrogen) atoms. The maximum absolute atomic E-state index is 12.3. The molecule has 0 aliphatic rings. The summed E-state index contributed by atoms with van der Waals surface area (Å²) in [4.78, 5) is 24.4. The molecule has 0 spiro atoms. The average molecular weight is 331 g/mol. The van der Waals surface area contributed by atoms with Crippen LogP contribution in [0.5, 0.6) is 0 Å². The molecule has 2 N–H and O–H groups in total. The maximum Gasteiger partial charge on any atom is 0.239 e. The first-order valence-electron chi connectivity index (χ1n) is 6.68. The first-order valence-corrected chi connectivity index (χ1v) is 7.44. The SMILES string of the molecule is CC(C)CNC(=O)C(C)(C)C(=O)Nc1cc(Cl)cc(Cl)c1. The Morgan fingerprint density at radius 2 is 1.62 bits per heavy atom.